The highest BCUT2D eigenvalue weighted by Crippen LogP contribution is 2.37. The molecule has 0 fully saturated rings. The van der Waals surface area contributed by atoms with E-state index < -0.39 is 0 Å². The standard InChI is InChI=1S/C16H14Cl2FNS/c17-11-2-4-16-12(8-11)15(5-6-21-16)20-9-10-1-3-13(18)14(19)7-10/h1-4,7-8,15,20H,5-6,9H2. The van der Waals surface area contributed by atoms with Gasteiger partial charge in [0, 0.05) is 22.5 Å². The lowest BCUT2D eigenvalue weighted by molar-refractivity contribution is 0.508. The molecule has 5 heteroatoms. The maximum absolute atomic E-state index is 13.5. The van der Waals surface area contributed by atoms with Crippen molar-refractivity contribution in [3.63, 3.8) is 0 Å². The van der Waals surface area contributed by atoms with Crippen molar-refractivity contribution >= 4 is 35.0 Å². The van der Waals surface area contributed by atoms with Crippen molar-refractivity contribution in [2.45, 2.75) is 23.9 Å². The van der Waals surface area contributed by atoms with E-state index in [2.05, 4.69) is 11.4 Å². The Morgan fingerprint density at radius 1 is 1.19 bits per heavy atom. The van der Waals surface area contributed by atoms with Crippen molar-refractivity contribution < 1.29 is 4.39 Å². The third-order valence-corrected chi connectivity index (χ3v) is 5.21. The van der Waals surface area contributed by atoms with Gasteiger partial charge in [0.2, 0.25) is 0 Å². The number of fused-ring (bicyclic) bond motifs is 1. The highest BCUT2D eigenvalue weighted by molar-refractivity contribution is 7.99. The van der Waals surface area contributed by atoms with Gasteiger partial charge in [-0.2, -0.15) is 0 Å². The molecule has 2 aromatic rings. The molecule has 1 atom stereocenters. The zero-order valence-corrected chi connectivity index (χ0v) is 13.5. The quantitative estimate of drug-likeness (QED) is 0.795. The van der Waals surface area contributed by atoms with Crippen LogP contribution in [0.1, 0.15) is 23.6 Å². The first-order chi connectivity index (χ1) is 10.1. The molecule has 0 aromatic heterocycles. The summed E-state index contributed by atoms with van der Waals surface area (Å²) in [6, 6.07) is 11.2. The number of hydrogen-bond acceptors (Lipinski definition) is 2. The molecule has 2 aromatic carbocycles. The van der Waals surface area contributed by atoms with Gasteiger partial charge in [-0.1, -0.05) is 29.3 Å². The number of hydrogen-bond donors (Lipinski definition) is 1. The molecule has 0 aliphatic carbocycles. The number of benzene rings is 2. The van der Waals surface area contributed by atoms with E-state index in [4.69, 9.17) is 23.2 Å². The van der Waals surface area contributed by atoms with Gasteiger partial charge in [0.1, 0.15) is 5.82 Å². The van der Waals surface area contributed by atoms with Crippen LogP contribution in [0, 0.1) is 5.82 Å². The van der Waals surface area contributed by atoms with Gasteiger partial charge in [0.25, 0.3) is 0 Å². The van der Waals surface area contributed by atoms with Crippen molar-refractivity contribution in [1.29, 1.82) is 0 Å². The predicted octanol–water partition coefficient (Wildman–Crippen LogP) is 5.46. The molecule has 3 rings (SSSR count). The first-order valence-corrected chi connectivity index (χ1v) is 8.47. The SMILES string of the molecule is Fc1cc(CNC2CCSc3ccc(Cl)cc32)ccc1Cl. The van der Waals surface area contributed by atoms with Gasteiger partial charge >= 0.3 is 0 Å². The molecule has 1 unspecified atom stereocenters. The third kappa shape index (κ3) is 3.54. The Balaban J connectivity index is 1.74. The van der Waals surface area contributed by atoms with Crippen LogP contribution in [-0.2, 0) is 6.54 Å². The lowest BCUT2D eigenvalue weighted by Gasteiger charge is -2.26. The van der Waals surface area contributed by atoms with Gasteiger partial charge in [-0.25, -0.2) is 4.39 Å². The highest BCUT2D eigenvalue weighted by atomic mass is 35.5. The van der Waals surface area contributed by atoms with Gasteiger partial charge in [-0.15, -0.1) is 11.8 Å². The molecule has 0 bridgehead atoms. The lowest BCUT2D eigenvalue weighted by atomic mass is 10.0. The first kappa shape index (κ1) is 15.2. The monoisotopic (exact) mass is 341 g/mol. The summed E-state index contributed by atoms with van der Waals surface area (Å²) in [6.45, 7) is 0.607. The molecule has 110 valence electrons. The molecule has 21 heavy (non-hydrogen) atoms. The number of thioether (sulfide) groups is 1. The third-order valence-electron chi connectivity index (χ3n) is 3.55. The zero-order chi connectivity index (χ0) is 14.8. The molecule has 0 saturated carbocycles. The topological polar surface area (TPSA) is 12.0 Å². The van der Waals surface area contributed by atoms with E-state index in [0.717, 1.165) is 22.8 Å². The van der Waals surface area contributed by atoms with E-state index in [1.54, 1.807) is 6.07 Å². The van der Waals surface area contributed by atoms with E-state index >= 15 is 0 Å². The molecular weight excluding hydrogens is 328 g/mol. The first-order valence-electron chi connectivity index (χ1n) is 6.73. The minimum Gasteiger partial charge on any atom is -0.306 e. The minimum atomic E-state index is -0.376. The Morgan fingerprint density at radius 2 is 2.05 bits per heavy atom. The molecule has 1 nitrogen and oxygen atoms in total. The van der Waals surface area contributed by atoms with Crippen LogP contribution < -0.4 is 5.32 Å². The van der Waals surface area contributed by atoms with Crippen LogP contribution >= 0.6 is 35.0 Å². The molecule has 0 spiro atoms. The highest BCUT2D eigenvalue weighted by Gasteiger charge is 2.20. The van der Waals surface area contributed by atoms with Gasteiger partial charge < -0.3 is 5.32 Å². The average molecular weight is 342 g/mol. The number of nitrogens with one attached hydrogen (secondary N) is 1. The number of rotatable bonds is 3. The Kier molecular flexibility index (Phi) is 4.75. The Hall–Kier alpha value is -0.740. The van der Waals surface area contributed by atoms with Crippen LogP contribution in [0.5, 0.6) is 0 Å². The molecule has 1 aliphatic heterocycles. The van der Waals surface area contributed by atoms with Crippen molar-refractivity contribution in [3.05, 3.63) is 63.4 Å². The summed E-state index contributed by atoms with van der Waals surface area (Å²) in [5.74, 6) is 0.694. The molecular formula is C16H14Cl2FNS. The van der Waals surface area contributed by atoms with Crippen molar-refractivity contribution in [2.75, 3.05) is 5.75 Å². The second kappa shape index (κ2) is 6.57. The molecule has 0 amide bonds. The van der Waals surface area contributed by atoms with E-state index in [1.807, 2.05) is 30.0 Å². The average Bonchev–Trinajstić information content (AvgIpc) is 2.48. The van der Waals surface area contributed by atoms with Gasteiger partial charge in [-0.05, 0) is 53.6 Å². The second-order valence-corrected chi connectivity index (χ2v) is 6.98. The van der Waals surface area contributed by atoms with E-state index in [1.165, 1.54) is 16.5 Å². The molecule has 1 aliphatic rings. The summed E-state index contributed by atoms with van der Waals surface area (Å²) >= 11 is 13.6. The van der Waals surface area contributed by atoms with Crippen LogP contribution in [0.3, 0.4) is 0 Å². The summed E-state index contributed by atoms with van der Waals surface area (Å²) in [7, 11) is 0. The Morgan fingerprint density at radius 3 is 2.86 bits per heavy atom. The van der Waals surface area contributed by atoms with Crippen LogP contribution in [0.4, 0.5) is 4.39 Å². The van der Waals surface area contributed by atoms with Crippen LogP contribution in [0.2, 0.25) is 10.0 Å². The van der Waals surface area contributed by atoms with E-state index in [0.29, 0.717) is 6.54 Å². The minimum absolute atomic E-state index is 0.157. The predicted molar refractivity (Wildman–Crippen MR) is 87.8 cm³/mol. The van der Waals surface area contributed by atoms with E-state index in [9.17, 15) is 4.39 Å². The molecule has 0 radical (unpaired) electrons. The van der Waals surface area contributed by atoms with Crippen molar-refractivity contribution in [2.24, 2.45) is 0 Å². The van der Waals surface area contributed by atoms with Crippen LogP contribution in [0.25, 0.3) is 0 Å². The lowest BCUT2D eigenvalue weighted by Crippen LogP contribution is -2.24. The Labute approximate surface area is 137 Å². The summed E-state index contributed by atoms with van der Waals surface area (Å²) in [6.07, 6.45) is 1.04. The fourth-order valence-electron chi connectivity index (χ4n) is 2.47. The zero-order valence-electron chi connectivity index (χ0n) is 11.2. The molecule has 1 N–H and O–H groups in total. The second-order valence-electron chi connectivity index (χ2n) is 5.00. The van der Waals surface area contributed by atoms with Gasteiger partial charge in [0.05, 0.1) is 5.02 Å². The summed E-state index contributed by atoms with van der Waals surface area (Å²) < 4.78 is 13.5. The summed E-state index contributed by atoms with van der Waals surface area (Å²) in [5, 5.41) is 4.39. The van der Waals surface area contributed by atoms with Crippen molar-refractivity contribution in [3.8, 4) is 0 Å². The molecule has 0 saturated heterocycles. The summed E-state index contributed by atoms with van der Waals surface area (Å²) in [4.78, 5) is 1.27. The number of halogens is 3. The normalized spacial score (nSPS) is 17.6. The maximum atomic E-state index is 13.5. The summed E-state index contributed by atoms with van der Waals surface area (Å²) in [5.41, 5.74) is 2.12. The maximum Gasteiger partial charge on any atom is 0.142 e. The largest absolute Gasteiger partial charge is 0.306 e. The fourth-order valence-corrected chi connectivity index (χ4v) is 3.87. The van der Waals surface area contributed by atoms with Crippen LogP contribution in [-0.4, -0.2) is 5.75 Å². The van der Waals surface area contributed by atoms with Crippen molar-refractivity contribution in [1.82, 2.24) is 5.32 Å². The smallest absolute Gasteiger partial charge is 0.142 e. The fraction of sp³-hybridized carbons (Fsp3) is 0.250. The van der Waals surface area contributed by atoms with E-state index in [-0.39, 0.29) is 16.9 Å². The van der Waals surface area contributed by atoms with Crippen LogP contribution in [0.15, 0.2) is 41.3 Å². The molecule has 1 heterocycles. The van der Waals surface area contributed by atoms with Gasteiger partial charge in [-0.3, -0.25) is 0 Å². The Bertz CT molecular complexity index is 663. The van der Waals surface area contributed by atoms with Gasteiger partial charge in [0.15, 0.2) is 0 Å².